The molecule has 2 aliphatic heterocycles. The van der Waals surface area contributed by atoms with Gasteiger partial charge in [0.2, 0.25) is 5.91 Å². The van der Waals surface area contributed by atoms with Gasteiger partial charge in [-0.3, -0.25) is 9.69 Å². The molecular formula is C19H26N2O3. The summed E-state index contributed by atoms with van der Waals surface area (Å²) in [6.45, 7) is 2.47. The van der Waals surface area contributed by atoms with Crippen LogP contribution in [0.25, 0.3) is 0 Å². The van der Waals surface area contributed by atoms with Crippen molar-refractivity contribution in [2.75, 3.05) is 20.3 Å². The Balaban J connectivity index is 1.47. The van der Waals surface area contributed by atoms with E-state index in [9.17, 15) is 4.79 Å². The van der Waals surface area contributed by atoms with Crippen molar-refractivity contribution in [1.82, 2.24) is 10.2 Å². The molecule has 5 nitrogen and oxygen atoms in total. The molecule has 2 saturated heterocycles. The number of amides is 1. The number of methoxy groups -OCH3 is 1. The van der Waals surface area contributed by atoms with E-state index in [1.54, 1.807) is 7.11 Å². The first-order valence-corrected chi connectivity index (χ1v) is 9.02. The van der Waals surface area contributed by atoms with Crippen LogP contribution >= 0.6 is 0 Å². The molecule has 0 bridgehead atoms. The fourth-order valence-electron chi connectivity index (χ4n) is 3.98. The SMILES string of the molecule is COc1cccc(CN2C[C@@H](C(=O)NC3CC3)C[C@H]3OCC[C@H]32)c1. The number of rotatable bonds is 5. The van der Waals surface area contributed by atoms with Crippen LogP contribution in [0.5, 0.6) is 5.75 Å². The Morgan fingerprint density at radius 1 is 1.38 bits per heavy atom. The first kappa shape index (κ1) is 15.9. The highest BCUT2D eigenvalue weighted by Crippen LogP contribution is 2.33. The summed E-state index contributed by atoms with van der Waals surface area (Å²) in [5.41, 5.74) is 1.23. The molecule has 1 aromatic rings. The van der Waals surface area contributed by atoms with Gasteiger partial charge in [0.05, 0.1) is 19.1 Å². The Bertz CT molecular complexity index is 602. The van der Waals surface area contributed by atoms with E-state index in [4.69, 9.17) is 9.47 Å². The van der Waals surface area contributed by atoms with E-state index in [0.29, 0.717) is 12.1 Å². The number of nitrogens with zero attached hydrogens (tertiary/aromatic N) is 1. The number of hydrogen-bond donors (Lipinski definition) is 1. The van der Waals surface area contributed by atoms with Crippen LogP contribution in [0.4, 0.5) is 0 Å². The summed E-state index contributed by atoms with van der Waals surface area (Å²) in [6, 6.07) is 9.05. The maximum atomic E-state index is 12.5. The fourth-order valence-corrected chi connectivity index (χ4v) is 3.98. The van der Waals surface area contributed by atoms with Crippen LogP contribution < -0.4 is 10.1 Å². The Morgan fingerprint density at radius 2 is 2.25 bits per heavy atom. The van der Waals surface area contributed by atoms with Crippen LogP contribution in [0.2, 0.25) is 0 Å². The second-order valence-corrected chi connectivity index (χ2v) is 7.26. The first-order valence-electron chi connectivity index (χ1n) is 9.02. The van der Waals surface area contributed by atoms with Crippen molar-refractivity contribution in [1.29, 1.82) is 0 Å². The maximum Gasteiger partial charge on any atom is 0.224 e. The second kappa shape index (κ2) is 6.73. The van der Waals surface area contributed by atoms with E-state index in [2.05, 4.69) is 22.3 Å². The minimum atomic E-state index is 0.0376. The second-order valence-electron chi connectivity index (χ2n) is 7.26. The van der Waals surface area contributed by atoms with Gasteiger partial charge >= 0.3 is 0 Å². The normalized spacial score (nSPS) is 30.0. The number of carbonyl (C=O) groups is 1. The van der Waals surface area contributed by atoms with Crippen molar-refractivity contribution in [3.8, 4) is 5.75 Å². The highest BCUT2D eigenvalue weighted by Gasteiger charge is 2.42. The third-order valence-corrected chi connectivity index (χ3v) is 5.43. The minimum Gasteiger partial charge on any atom is -0.497 e. The van der Waals surface area contributed by atoms with E-state index in [1.807, 2.05) is 12.1 Å². The van der Waals surface area contributed by atoms with E-state index in [1.165, 1.54) is 5.56 Å². The molecule has 3 aliphatic rings. The number of fused-ring (bicyclic) bond motifs is 1. The Morgan fingerprint density at radius 3 is 3.04 bits per heavy atom. The molecule has 3 fully saturated rings. The fraction of sp³-hybridized carbons (Fsp3) is 0.632. The summed E-state index contributed by atoms with van der Waals surface area (Å²) >= 11 is 0. The summed E-state index contributed by atoms with van der Waals surface area (Å²) in [5.74, 6) is 1.13. The molecule has 0 spiro atoms. The quantitative estimate of drug-likeness (QED) is 0.897. The van der Waals surface area contributed by atoms with Gasteiger partial charge in [-0.05, 0) is 43.4 Å². The molecule has 1 saturated carbocycles. The van der Waals surface area contributed by atoms with Gasteiger partial charge in [-0.1, -0.05) is 12.1 Å². The van der Waals surface area contributed by atoms with Crippen LogP contribution in [-0.4, -0.2) is 49.3 Å². The van der Waals surface area contributed by atoms with Gasteiger partial charge in [0.15, 0.2) is 0 Å². The van der Waals surface area contributed by atoms with Crippen LogP contribution in [0.3, 0.4) is 0 Å². The number of likely N-dealkylation sites (tertiary alicyclic amines) is 1. The molecular weight excluding hydrogens is 304 g/mol. The first-order chi connectivity index (χ1) is 11.7. The zero-order valence-corrected chi connectivity index (χ0v) is 14.2. The molecule has 1 amide bonds. The molecule has 24 heavy (non-hydrogen) atoms. The molecule has 130 valence electrons. The van der Waals surface area contributed by atoms with Crippen molar-refractivity contribution in [3.63, 3.8) is 0 Å². The summed E-state index contributed by atoms with van der Waals surface area (Å²) in [7, 11) is 1.69. The predicted octanol–water partition coefficient (Wildman–Crippen LogP) is 1.95. The monoisotopic (exact) mass is 330 g/mol. The Kier molecular flexibility index (Phi) is 4.46. The van der Waals surface area contributed by atoms with Crippen molar-refractivity contribution >= 4 is 5.91 Å². The van der Waals surface area contributed by atoms with Gasteiger partial charge in [0.25, 0.3) is 0 Å². The number of hydrogen-bond acceptors (Lipinski definition) is 4. The standard InChI is InChI=1S/C19H26N2O3/c1-23-16-4-2-3-13(9-16)11-21-12-14(19(22)20-15-5-6-15)10-18-17(21)7-8-24-18/h2-4,9,14-15,17-18H,5-8,10-12H2,1H3,(H,20,22)/t14-,17+,18+/m0/s1. The zero-order chi connectivity index (χ0) is 16.5. The molecule has 3 atom stereocenters. The summed E-state index contributed by atoms with van der Waals surface area (Å²) in [6.07, 6.45) is 4.38. The maximum absolute atomic E-state index is 12.5. The largest absolute Gasteiger partial charge is 0.497 e. The zero-order valence-electron chi connectivity index (χ0n) is 14.2. The van der Waals surface area contributed by atoms with Crippen molar-refractivity contribution < 1.29 is 14.3 Å². The van der Waals surface area contributed by atoms with Crippen molar-refractivity contribution in [2.24, 2.45) is 5.92 Å². The number of piperidine rings is 1. The van der Waals surface area contributed by atoms with Crippen LogP contribution in [0.15, 0.2) is 24.3 Å². The molecule has 1 aromatic carbocycles. The number of ether oxygens (including phenoxy) is 2. The minimum absolute atomic E-state index is 0.0376. The topological polar surface area (TPSA) is 50.8 Å². The Labute approximate surface area is 143 Å². The molecule has 0 radical (unpaired) electrons. The van der Waals surface area contributed by atoms with Gasteiger partial charge in [-0.25, -0.2) is 0 Å². The van der Waals surface area contributed by atoms with Gasteiger partial charge < -0.3 is 14.8 Å². The van der Waals surface area contributed by atoms with Crippen LogP contribution in [0.1, 0.15) is 31.2 Å². The summed E-state index contributed by atoms with van der Waals surface area (Å²) in [4.78, 5) is 15.0. The lowest BCUT2D eigenvalue weighted by Crippen LogP contribution is -2.52. The molecule has 2 heterocycles. The highest BCUT2D eigenvalue weighted by atomic mass is 16.5. The third kappa shape index (κ3) is 3.42. The average molecular weight is 330 g/mol. The molecule has 4 rings (SSSR count). The van der Waals surface area contributed by atoms with E-state index < -0.39 is 0 Å². The third-order valence-electron chi connectivity index (χ3n) is 5.43. The van der Waals surface area contributed by atoms with E-state index in [0.717, 1.165) is 51.1 Å². The smallest absolute Gasteiger partial charge is 0.224 e. The molecule has 1 N–H and O–H groups in total. The van der Waals surface area contributed by atoms with Gasteiger partial charge in [0.1, 0.15) is 5.75 Å². The van der Waals surface area contributed by atoms with Crippen LogP contribution in [-0.2, 0) is 16.1 Å². The summed E-state index contributed by atoms with van der Waals surface area (Å²) in [5, 5.41) is 3.16. The van der Waals surface area contributed by atoms with E-state index >= 15 is 0 Å². The molecule has 5 heteroatoms. The molecule has 0 aromatic heterocycles. The van der Waals surface area contributed by atoms with Crippen LogP contribution in [0, 0.1) is 5.92 Å². The summed E-state index contributed by atoms with van der Waals surface area (Å²) < 4.78 is 11.3. The number of nitrogens with one attached hydrogen (secondary N) is 1. The highest BCUT2D eigenvalue weighted by molar-refractivity contribution is 5.79. The molecule has 1 aliphatic carbocycles. The van der Waals surface area contributed by atoms with Crippen molar-refractivity contribution in [3.05, 3.63) is 29.8 Å². The lowest BCUT2D eigenvalue weighted by atomic mass is 9.89. The van der Waals surface area contributed by atoms with Gasteiger partial charge in [-0.15, -0.1) is 0 Å². The lowest BCUT2D eigenvalue weighted by Gasteiger charge is -2.40. The van der Waals surface area contributed by atoms with Crippen molar-refractivity contribution in [2.45, 2.75) is 50.4 Å². The Hall–Kier alpha value is -1.59. The average Bonchev–Trinajstić information content (AvgIpc) is 3.28. The number of carbonyl (C=O) groups excluding carboxylic acids is 1. The lowest BCUT2D eigenvalue weighted by molar-refractivity contribution is -0.129. The predicted molar refractivity (Wildman–Crippen MR) is 90.8 cm³/mol. The number of benzene rings is 1. The molecule has 0 unspecified atom stereocenters. The van der Waals surface area contributed by atoms with E-state index in [-0.39, 0.29) is 17.9 Å². The van der Waals surface area contributed by atoms with Gasteiger partial charge in [0, 0.05) is 31.8 Å². The van der Waals surface area contributed by atoms with Gasteiger partial charge in [-0.2, -0.15) is 0 Å².